The summed E-state index contributed by atoms with van der Waals surface area (Å²) in [5, 5.41) is 0. The maximum absolute atomic E-state index is 5.39. The van der Waals surface area contributed by atoms with Crippen LogP contribution in [0.25, 0.3) is 0 Å². The second-order valence-corrected chi connectivity index (χ2v) is 4.39. The van der Waals surface area contributed by atoms with Gasteiger partial charge in [0.05, 0.1) is 5.60 Å². The van der Waals surface area contributed by atoms with E-state index < -0.39 is 9.53 Å². The second-order valence-electron chi connectivity index (χ2n) is 2.87. The summed E-state index contributed by atoms with van der Waals surface area (Å²) in [7, 11) is 1.69. The molecule has 0 aliphatic rings. The highest BCUT2D eigenvalue weighted by Crippen LogP contribution is 2.08. The molecule has 0 unspecified atom stereocenters. The summed E-state index contributed by atoms with van der Waals surface area (Å²) in [4.78, 5) is 0. The molecule has 0 fully saturated rings. The van der Waals surface area contributed by atoms with Gasteiger partial charge >= 0.3 is 9.53 Å². The Morgan fingerprint density at radius 1 is 1.00 bits per heavy atom. The fourth-order valence-corrected chi connectivity index (χ4v) is 1.25. The van der Waals surface area contributed by atoms with E-state index in [9.17, 15) is 0 Å². The molecule has 0 heterocycles. The molecule has 0 rings (SSSR count). The Morgan fingerprint density at radius 3 is 1.50 bits per heavy atom. The van der Waals surface area contributed by atoms with E-state index in [0.29, 0.717) is 0 Å². The van der Waals surface area contributed by atoms with Gasteiger partial charge in [-0.25, -0.2) is 0 Å². The SMILES string of the molecule is CO[Si](OC)OC(C)(C)C. The lowest BCUT2D eigenvalue weighted by Gasteiger charge is -2.22. The lowest BCUT2D eigenvalue weighted by Crippen LogP contribution is -2.34. The van der Waals surface area contributed by atoms with Gasteiger partial charge in [0.25, 0.3) is 0 Å². The second kappa shape index (κ2) is 4.08. The van der Waals surface area contributed by atoms with Crippen LogP contribution in [0.5, 0.6) is 0 Å². The van der Waals surface area contributed by atoms with Crippen LogP contribution in [-0.2, 0) is 13.3 Å². The lowest BCUT2D eigenvalue weighted by molar-refractivity contribution is 0.0430. The first kappa shape index (κ1) is 10.1. The molecule has 61 valence electrons. The zero-order chi connectivity index (χ0) is 8.20. The predicted molar refractivity (Wildman–Crippen MR) is 40.6 cm³/mol. The summed E-state index contributed by atoms with van der Waals surface area (Å²) in [5.41, 5.74) is -0.180. The summed E-state index contributed by atoms with van der Waals surface area (Å²) in [5.74, 6) is 0. The summed E-state index contributed by atoms with van der Waals surface area (Å²) in [6.45, 7) is 5.90. The zero-order valence-corrected chi connectivity index (χ0v) is 8.22. The van der Waals surface area contributed by atoms with E-state index in [2.05, 4.69) is 0 Å². The van der Waals surface area contributed by atoms with Crippen molar-refractivity contribution in [3.05, 3.63) is 0 Å². The van der Waals surface area contributed by atoms with E-state index in [-0.39, 0.29) is 5.60 Å². The van der Waals surface area contributed by atoms with Gasteiger partial charge in [-0.05, 0) is 20.8 Å². The van der Waals surface area contributed by atoms with Crippen LogP contribution in [0.3, 0.4) is 0 Å². The van der Waals surface area contributed by atoms with Gasteiger partial charge in [-0.1, -0.05) is 0 Å². The van der Waals surface area contributed by atoms with Crippen molar-refractivity contribution in [2.45, 2.75) is 26.4 Å². The highest BCUT2D eigenvalue weighted by Gasteiger charge is 2.23. The molecule has 10 heavy (non-hydrogen) atoms. The normalized spacial score (nSPS) is 12.6. The Morgan fingerprint density at radius 2 is 1.40 bits per heavy atom. The molecular formula is C6H15O3Si. The van der Waals surface area contributed by atoms with Gasteiger partial charge in [0.1, 0.15) is 0 Å². The molecule has 0 N–H and O–H groups in total. The molecule has 0 bridgehead atoms. The first-order chi connectivity index (χ1) is 4.49. The van der Waals surface area contributed by atoms with Gasteiger partial charge in [-0.15, -0.1) is 0 Å². The molecule has 0 saturated heterocycles. The van der Waals surface area contributed by atoms with Crippen molar-refractivity contribution in [1.29, 1.82) is 0 Å². The van der Waals surface area contributed by atoms with E-state index in [1.54, 1.807) is 14.2 Å². The van der Waals surface area contributed by atoms with E-state index in [4.69, 9.17) is 13.3 Å². The molecule has 0 aromatic rings. The van der Waals surface area contributed by atoms with Gasteiger partial charge in [-0.3, -0.25) is 0 Å². The van der Waals surface area contributed by atoms with Crippen LogP contribution in [0.2, 0.25) is 0 Å². The van der Waals surface area contributed by atoms with Crippen LogP contribution < -0.4 is 0 Å². The highest BCUT2D eigenvalue weighted by molar-refractivity contribution is 6.36. The molecule has 0 saturated carbocycles. The molecular weight excluding hydrogens is 148 g/mol. The molecule has 4 heteroatoms. The standard InChI is InChI=1S/C6H15O3Si/c1-6(2,3)9-10(7-4)8-5/h1-5H3. The fourth-order valence-electron chi connectivity index (χ4n) is 0.417. The predicted octanol–water partition coefficient (Wildman–Crippen LogP) is 1.08. The molecule has 0 amide bonds. The van der Waals surface area contributed by atoms with Crippen LogP contribution in [0, 0.1) is 0 Å². The van der Waals surface area contributed by atoms with E-state index >= 15 is 0 Å². The van der Waals surface area contributed by atoms with Gasteiger partial charge < -0.3 is 13.3 Å². The average Bonchev–Trinajstić information content (AvgIpc) is 1.81. The number of hydrogen-bond acceptors (Lipinski definition) is 3. The summed E-state index contributed by atoms with van der Waals surface area (Å²) >= 11 is 0. The summed E-state index contributed by atoms with van der Waals surface area (Å²) in [6, 6.07) is 0. The Balaban J connectivity index is 3.63. The van der Waals surface area contributed by atoms with Crippen molar-refractivity contribution in [2.24, 2.45) is 0 Å². The first-order valence-corrected chi connectivity index (χ1v) is 4.36. The quantitative estimate of drug-likeness (QED) is 0.583. The van der Waals surface area contributed by atoms with Gasteiger partial charge in [-0.2, -0.15) is 0 Å². The monoisotopic (exact) mass is 163 g/mol. The third kappa shape index (κ3) is 4.93. The molecule has 0 aromatic heterocycles. The van der Waals surface area contributed by atoms with E-state index in [1.165, 1.54) is 0 Å². The van der Waals surface area contributed by atoms with Gasteiger partial charge in [0.15, 0.2) is 0 Å². The Hall–Kier alpha value is 0.0969. The third-order valence-electron chi connectivity index (χ3n) is 0.723. The largest absolute Gasteiger partial charge is 0.577 e. The van der Waals surface area contributed by atoms with Crippen LogP contribution in [0.15, 0.2) is 0 Å². The average molecular weight is 163 g/mol. The van der Waals surface area contributed by atoms with Gasteiger partial charge in [0, 0.05) is 14.2 Å². The van der Waals surface area contributed by atoms with Crippen molar-refractivity contribution >= 4 is 9.53 Å². The van der Waals surface area contributed by atoms with E-state index in [0.717, 1.165) is 0 Å². The third-order valence-corrected chi connectivity index (χ3v) is 2.17. The minimum Gasteiger partial charge on any atom is -0.375 e. The topological polar surface area (TPSA) is 27.7 Å². The van der Waals surface area contributed by atoms with Crippen molar-refractivity contribution in [3.8, 4) is 0 Å². The molecule has 1 radical (unpaired) electrons. The van der Waals surface area contributed by atoms with Crippen molar-refractivity contribution in [1.82, 2.24) is 0 Å². The van der Waals surface area contributed by atoms with Crippen molar-refractivity contribution in [3.63, 3.8) is 0 Å². The molecule has 0 aliphatic heterocycles. The Labute approximate surface area is 64.3 Å². The minimum absolute atomic E-state index is 0.180. The Bertz CT molecular complexity index is 85.5. The van der Waals surface area contributed by atoms with Crippen LogP contribution in [0.4, 0.5) is 0 Å². The van der Waals surface area contributed by atoms with Crippen molar-refractivity contribution in [2.75, 3.05) is 14.2 Å². The molecule has 0 atom stereocenters. The first-order valence-electron chi connectivity index (χ1n) is 3.13. The summed E-state index contributed by atoms with van der Waals surface area (Å²) < 4.78 is 15.3. The van der Waals surface area contributed by atoms with Gasteiger partial charge in [0.2, 0.25) is 0 Å². The highest BCUT2D eigenvalue weighted by atomic mass is 28.3. The number of hydrogen-bond donors (Lipinski definition) is 0. The maximum atomic E-state index is 5.39. The molecule has 0 aliphatic carbocycles. The van der Waals surface area contributed by atoms with Crippen LogP contribution in [-0.4, -0.2) is 29.3 Å². The zero-order valence-electron chi connectivity index (χ0n) is 7.22. The minimum atomic E-state index is -1.48. The summed E-state index contributed by atoms with van der Waals surface area (Å²) in [6.07, 6.45) is 0. The van der Waals surface area contributed by atoms with Crippen LogP contribution >= 0.6 is 0 Å². The fraction of sp³-hybridized carbons (Fsp3) is 1.00. The van der Waals surface area contributed by atoms with E-state index in [1.807, 2.05) is 20.8 Å². The van der Waals surface area contributed by atoms with Crippen LogP contribution in [0.1, 0.15) is 20.8 Å². The molecule has 0 spiro atoms. The number of rotatable bonds is 3. The molecule has 3 nitrogen and oxygen atoms in total. The van der Waals surface area contributed by atoms with Crippen molar-refractivity contribution < 1.29 is 13.3 Å². The Kier molecular flexibility index (Phi) is 4.11. The molecule has 0 aromatic carbocycles. The smallest absolute Gasteiger partial charge is 0.375 e. The lowest BCUT2D eigenvalue weighted by atomic mass is 10.2. The maximum Gasteiger partial charge on any atom is 0.577 e.